The minimum Gasteiger partial charge on any atom is -0.456 e. The van der Waals surface area contributed by atoms with Crippen LogP contribution < -0.4 is 15.4 Å². The smallest absolute Gasteiger partial charge is 0.306 e. The summed E-state index contributed by atoms with van der Waals surface area (Å²) in [5, 5.41) is 6.29. The van der Waals surface area contributed by atoms with Gasteiger partial charge in [0.2, 0.25) is 5.91 Å². The van der Waals surface area contributed by atoms with Gasteiger partial charge in [0.05, 0.1) is 16.5 Å². The first-order valence-electron chi connectivity index (χ1n) is 10.5. The molecular formula is C25H21BrCl2N2O5. The number of amides is 2. The van der Waals surface area contributed by atoms with Gasteiger partial charge in [0.25, 0.3) is 5.91 Å². The molecule has 2 N–H and O–H groups in total. The fraction of sp³-hybridized carbons (Fsp3) is 0.160. The SMILES string of the molecule is Cc1c(NC(=O)COC(=O)CCC(=O)Nc2ccc(Oc3ccccc3Cl)cc2)ccc(Br)c1Cl. The van der Waals surface area contributed by atoms with Crippen LogP contribution in [-0.2, 0) is 19.1 Å². The number of rotatable bonds is 9. The molecule has 2 amide bonds. The third-order valence-corrected chi connectivity index (χ3v) is 6.42. The highest BCUT2D eigenvalue weighted by molar-refractivity contribution is 9.10. The average molecular weight is 580 g/mol. The van der Waals surface area contributed by atoms with Crippen molar-refractivity contribution in [3.63, 3.8) is 0 Å². The molecule has 0 bridgehead atoms. The summed E-state index contributed by atoms with van der Waals surface area (Å²) in [5.74, 6) is -0.466. The van der Waals surface area contributed by atoms with Gasteiger partial charge in [-0.15, -0.1) is 0 Å². The van der Waals surface area contributed by atoms with Crippen LogP contribution in [0.4, 0.5) is 11.4 Å². The molecule has 0 aliphatic carbocycles. The number of esters is 1. The predicted molar refractivity (Wildman–Crippen MR) is 139 cm³/mol. The van der Waals surface area contributed by atoms with Gasteiger partial charge in [-0.25, -0.2) is 0 Å². The molecule has 0 heterocycles. The first kappa shape index (κ1) is 26.5. The molecule has 7 nitrogen and oxygen atoms in total. The van der Waals surface area contributed by atoms with Gasteiger partial charge in [-0.2, -0.15) is 0 Å². The van der Waals surface area contributed by atoms with Crippen LogP contribution in [0.15, 0.2) is 65.1 Å². The van der Waals surface area contributed by atoms with Crippen LogP contribution in [0.3, 0.4) is 0 Å². The van der Waals surface area contributed by atoms with Crippen molar-refractivity contribution in [1.29, 1.82) is 0 Å². The van der Waals surface area contributed by atoms with Gasteiger partial charge in [0.1, 0.15) is 11.5 Å². The lowest BCUT2D eigenvalue weighted by atomic mass is 10.2. The topological polar surface area (TPSA) is 93.7 Å². The zero-order valence-electron chi connectivity index (χ0n) is 18.6. The van der Waals surface area contributed by atoms with Crippen molar-refractivity contribution < 1.29 is 23.9 Å². The molecular weight excluding hydrogens is 559 g/mol. The molecule has 0 saturated heterocycles. The Kier molecular flexibility index (Phi) is 9.54. The lowest BCUT2D eigenvalue weighted by molar-refractivity contribution is -0.147. The van der Waals surface area contributed by atoms with E-state index in [0.29, 0.717) is 43.0 Å². The summed E-state index contributed by atoms with van der Waals surface area (Å²) < 4.78 is 11.4. The van der Waals surface area contributed by atoms with Crippen molar-refractivity contribution in [2.45, 2.75) is 19.8 Å². The highest BCUT2D eigenvalue weighted by Crippen LogP contribution is 2.31. The molecule has 0 aliphatic rings. The summed E-state index contributed by atoms with van der Waals surface area (Å²) in [6.07, 6.45) is -0.268. The molecule has 0 atom stereocenters. The Bertz CT molecular complexity index is 1240. The predicted octanol–water partition coefficient (Wildman–Crippen LogP) is 6.76. The minimum atomic E-state index is -0.663. The first-order chi connectivity index (χ1) is 16.7. The fourth-order valence-corrected chi connectivity index (χ4v) is 3.66. The van der Waals surface area contributed by atoms with Crippen molar-refractivity contribution in [3.8, 4) is 11.5 Å². The summed E-state index contributed by atoms with van der Waals surface area (Å²) in [6.45, 7) is 1.28. The highest BCUT2D eigenvalue weighted by Gasteiger charge is 2.13. The van der Waals surface area contributed by atoms with Crippen molar-refractivity contribution in [2.24, 2.45) is 0 Å². The maximum absolute atomic E-state index is 12.2. The number of hydrogen-bond donors (Lipinski definition) is 2. The highest BCUT2D eigenvalue weighted by atomic mass is 79.9. The lowest BCUT2D eigenvalue weighted by Crippen LogP contribution is -2.22. The standard InChI is InChI=1S/C25H21BrCl2N2O5/c1-15-20(11-10-18(26)25(15)28)30-23(32)14-34-24(33)13-12-22(31)29-16-6-8-17(9-7-16)35-21-5-3-2-4-19(21)27/h2-11H,12-14H2,1H3,(H,29,31)(H,30,32). The number of carbonyl (C=O) groups excluding carboxylic acids is 3. The molecule has 10 heteroatoms. The Hall–Kier alpha value is -3.07. The van der Waals surface area contributed by atoms with Crippen LogP contribution in [0.25, 0.3) is 0 Å². The van der Waals surface area contributed by atoms with Crippen LogP contribution in [-0.4, -0.2) is 24.4 Å². The van der Waals surface area contributed by atoms with E-state index in [1.807, 2.05) is 6.07 Å². The van der Waals surface area contributed by atoms with Crippen LogP contribution in [0.5, 0.6) is 11.5 Å². The number of anilines is 2. The van der Waals surface area contributed by atoms with E-state index in [1.54, 1.807) is 61.5 Å². The summed E-state index contributed by atoms with van der Waals surface area (Å²) >= 11 is 15.5. The molecule has 3 aromatic rings. The number of hydrogen-bond acceptors (Lipinski definition) is 5. The molecule has 0 aliphatic heterocycles. The molecule has 0 saturated carbocycles. The van der Waals surface area contributed by atoms with E-state index >= 15 is 0 Å². The van der Waals surface area contributed by atoms with Gasteiger partial charge < -0.3 is 20.1 Å². The number of benzene rings is 3. The number of nitrogens with one attached hydrogen (secondary N) is 2. The van der Waals surface area contributed by atoms with Gasteiger partial charge in [0.15, 0.2) is 6.61 Å². The summed E-state index contributed by atoms with van der Waals surface area (Å²) in [4.78, 5) is 36.1. The van der Waals surface area contributed by atoms with Gasteiger partial charge >= 0.3 is 5.97 Å². The summed E-state index contributed by atoms with van der Waals surface area (Å²) in [6, 6.07) is 17.2. The van der Waals surface area contributed by atoms with E-state index in [4.69, 9.17) is 32.7 Å². The third-order valence-electron chi connectivity index (χ3n) is 4.74. The normalized spacial score (nSPS) is 10.4. The van der Waals surface area contributed by atoms with Gasteiger partial charge in [-0.3, -0.25) is 14.4 Å². The second-order valence-electron chi connectivity index (χ2n) is 7.35. The van der Waals surface area contributed by atoms with E-state index in [0.717, 1.165) is 0 Å². The second kappa shape index (κ2) is 12.6. The quantitative estimate of drug-likeness (QED) is 0.273. The molecule has 0 radical (unpaired) electrons. The second-order valence-corrected chi connectivity index (χ2v) is 8.99. The van der Waals surface area contributed by atoms with Crippen molar-refractivity contribution in [1.82, 2.24) is 0 Å². The van der Waals surface area contributed by atoms with Gasteiger partial charge in [0, 0.05) is 22.3 Å². The van der Waals surface area contributed by atoms with Crippen molar-refractivity contribution in [3.05, 3.63) is 80.7 Å². The number of halogens is 3. The zero-order chi connectivity index (χ0) is 25.4. The molecule has 3 aromatic carbocycles. The van der Waals surface area contributed by atoms with Crippen LogP contribution in [0.2, 0.25) is 10.0 Å². The van der Waals surface area contributed by atoms with Gasteiger partial charge in [-0.05, 0) is 76.9 Å². The Morgan fingerprint density at radius 2 is 1.60 bits per heavy atom. The van der Waals surface area contributed by atoms with Crippen LogP contribution >= 0.6 is 39.1 Å². The number of ether oxygens (including phenoxy) is 2. The Labute approximate surface area is 220 Å². The first-order valence-corrected chi connectivity index (χ1v) is 12.0. The molecule has 0 fully saturated rings. The van der Waals surface area contributed by atoms with E-state index in [2.05, 4.69) is 26.6 Å². The largest absolute Gasteiger partial charge is 0.456 e. The molecule has 35 heavy (non-hydrogen) atoms. The summed E-state index contributed by atoms with van der Waals surface area (Å²) in [7, 11) is 0. The van der Waals surface area contributed by atoms with Crippen LogP contribution in [0.1, 0.15) is 18.4 Å². The van der Waals surface area contributed by atoms with Gasteiger partial charge in [-0.1, -0.05) is 35.3 Å². The maximum atomic E-state index is 12.2. The molecule has 0 aromatic heterocycles. The Morgan fingerprint density at radius 1 is 0.886 bits per heavy atom. The van der Waals surface area contributed by atoms with E-state index in [9.17, 15) is 14.4 Å². The number of carbonyl (C=O) groups is 3. The average Bonchev–Trinajstić information content (AvgIpc) is 2.84. The zero-order valence-corrected chi connectivity index (χ0v) is 21.7. The van der Waals surface area contributed by atoms with E-state index in [-0.39, 0.29) is 18.7 Å². The molecule has 3 rings (SSSR count). The Balaban J connectivity index is 1.39. The molecule has 182 valence electrons. The van der Waals surface area contributed by atoms with E-state index < -0.39 is 18.5 Å². The maximum Gasteiger partial charge on any atom is 0.306 e. The molecule has 0 unspecified atom stereocenters. The third kappa shape index (κ3) is 7.99. The number of para-hydroxylation sites is 1. The van der Waals surface area contributed by atoms with E-state index in [1.165, 1.54) is 0 Å². The Morgan fingerprint density at radius 3 is 2.31 bits per heavy atom. The van der Waals surface area contributed by atoms with Crippen molar-refractivity contribution >= 4 is 68.3 Å². The van der Waals surface area contributed by atoms with Crippen molar-refractivity contribution in [2.75, 3.05) is 17.2 Å². The monoisotopic (exact) mass is 578 g/mol. The molecule has 0 spiro atoms. The minimum absolute atomic E-state index is 0.0975. The van der Waals surface area contributed by atoms with Crippen LogP contribution in [0, 0.1) is 6.92 Å². The fourth-order valence-electron chi connectivity index (χ4n) is 2.89. The lowest BCUT2D eigenvalue weighted by Gasteiger charge is -2.11. The summed E-state index contributed by atoms with van der Waals surface area (Å²) in [5.41, 5.74) is 1.74.